The van der Waals surface area contributed by atoms with Crippen LogP contribution < -0.4 is 0 Å². The summed E-state index contributed by atoms with van der Waals surface area (Å²) >= 11 is 6.35. The monoisotopic (exact) mass is 646 g/mol. The number of hydrogen-bond donors (Lipinski definition) is 0. The molecule has 0 saturated carbocycles. The maximum atomic E-state index is 6.35. The van der Waals surface area contributed by atoms with Crippen molar-refractivity contribution in [2.24, 2.45) is 20.0 Å². The quantitative estimate of drug-likeness (QED) is 0.212. The molecule has 9 rings (SSSR count). The minimum Gasteiger partial charge on any atom is -0.248 e. The lowest BCUT2D eigenvalue weighted by molar-refractivity contribution is 1.41. The summed E-state index contributed by atoms with van der Waals surface area (Å²) in [6, 6.07) is 38.9. The first-order chi connectivity index (χ1) is 24.2. The molecule has 5 heterocycles. The number of nitrogens with zero attached hydrogens (tertiary/aromatic N) is 4. The molecule has 49 heavy (non-hydrogen) atoms. The molecule has 0 amide bonds. The largest absolute Gasteiger partial charge is 0.248 e. The normalized spacial score (nSPS) is 17.7. The minimum atomic E-state index is 0.673. The highest BCUT2D eigenvalue weighted by molar-refractivity contribution is 6.39. The van der Waals surface area contributed by atoms with E-state index >= 15 is 0 Å². The second kappa shape index (κ2) is 12.1. The molecule has 8 bridgehead atoms. The van der Waals surface area contributed by atoms with Crippen LogP contribution in [0.4, 0.5) is 0 Å². The van der Waals surface area contributed by atoms with Crippen LogP contribution in [0.5, 0.6) is 0 Å². The average Bonchev–Trinajstić information content (AvgIpc) is 3.98. The summed E-state index contributed by atoms with van der Waals surface area (Å²) in [5.74, 6) is 0. The maximum absolute atomic E-state index is 6.35. The van der Waals surface area contributed by atoms with Gasteiger partial charge in [-0.3, -0.25) is 0 Å². The van der Waals surface area contributed by atoms with Crippen LogP contribution in [-0.4, -0.2) is 22.8 Å². The van der Waals surface area contributed by atoms with Gasteiger partial charge < -0.3 is 0 Å². The van der Waals surface area contributed by atoms with E-state index in [1.54, 1.807) is 0 Å². The molecule has 5 aliphatic rings. The van der Waals surface area contributed by atoms with Crippen molar-refractivity contribution in [3.8, 4) is 0 Å². The van der Waals surface area contributed by atoms with E-state index in [0.717, 1.165) is 90.2 Å². The van der Waals surface area contributed by atoms with Crippen molar-refractivity contribution in [2.45, 2.75) is 0 Å². The maximum Gasteiger partial charge on any atom is 0.0738 e. The number of aliphatic imine (C=N–C) groups is 4. The zero-order valence-electron chi connectivity index (χ0n) is 26.3. The molecule has 0 spiro atoms. The lowest BCUT2D eigenvalue weighted by Gasteiger charge is -2.12. The van der Waals surface area contributed by atoms with Gasteiger partial charge in [-0.2, -0.15) is 0 Å². The fourth-order valence-corrected chi connectivity index (χ4v) is 6.83. The second-order valence-corrected chi connectivity index (χ2v) is 12.4. The van der Waals surface area contributed by atoms with E-state index in [1.165, 1.54) is 0 Å². The molecule has 5 aliphatic heterocycles. The highest BCUT2D eigenvalue weighted by atomic mass is 35.5. The molecule has 0 fully saturated rings. The topological polar surface area (TPSA) is 49.4 Å². The molecular formula is C44H27ClN4. The Morgan fingerprint density at radius 3 is 0.837 bits per heavy atom. The summed E-state index contributed by atoms with van der Waals surface area (Å²) < 4.78 is 0. The Labute approximate surface area is 289 Å². The van der Waals surface area contributed by atoms with Crippen molar-refractivity contribution in [1.29, 1.82) is 0 Å². The minimum absolute atomic E-state index is 0.673. The second-order valence-electron chi connectivity index (χ2n) is 12.0. The van der Waals surface area contributed by atoms with Crippen LogP contribution in [0.1, 0.15) is 22.3 Å². The summed E-state index contributed by atoms with van der Waals surface area (Å²) in [4.78, 5) is 21.2. The number of benzene rings is 4. The number of rotatable bonds is 4. The van der Waals surface area contributed by atoms with E-state index in [-0.39, 0.29) is 0 Å². The Morgan fingerprint density at radius 2 is 0.551 bits per heavy atom. The van der Waals surface area contributed by atoms with Gasteiger partial charge in [0.15, 0.2) is 0 Å². The first-order valence-corrected chi connectivity index (χ1v) is 16.6. The van der Waals surface area contributed by atoms with Crippen molar-refractivity contribution in [1.82, 2.24) is 0 Å². The van der Waals surface area contributed by atoms with E-state index in [2.05, 4.69) is 97.1 Å². The fraction of sp³-hybridized carbons (Fsp3) is 0. The Bertz CT molecular complexity index is 2390. The fourth-order valence-electron chi connectivity index (χ4n) is 6.70. The summed E-state index contributed by atoms with van der Waals surface area (Å²) in [7, 11) is 0. The molecule has 4 aromatic carbocycles. The van der Waals surface area contributed by atoms with Gasteiger partial charge >= 0.3 is 0 Å². The molecule has 5 heteroatoms. The molecule has 0 radical (unpaired) electrons. The predicted octanol–water partition coefficient (Wildman–Crippen LogP) is 10.3. The van der Waals surface area contributed by atoms with Gasteiger partial charge in [0.1, 0.15) is 0 Å². The number of hydrogen-bond acceptors (Lipinski definition) is 4. The molecule has 4 aromatic rings. The molecule has 230 valence electrons. The summed E-state index contributed by atoms with van der Waals surface area (Å²) in [6.07, 6.45) is 16.7. The van der Waals surface area contributed by atoms with Crippen molar-refractivity contribution in [2.75, 3.05) is 0 Å². The Morgan fingerprint density at radius 1 is 0.286 bits per heavy atom. The number of allylic oxidation sites excluding steroid dienone is 12. The first kappa shape index (κ1) is 29.0. The Hall–Kier alpha value is -6.23. The van der Waals surface area contributed by atoms with Crippen LogP contribution in [0, 0.1) is 0 Å². The third kappa shape index (κ3) is 5.29. The number of fused-ring (bicyclic) bond motifs is 4. The van der Waals surface area contributed by atoms with Gasteiger partial charge in [-0.25, -0.2) is 20.0 Å². The average molecular weight is 647 g/mol. The van der Waals surface area contributed by atoms with Gasteiger partial charge in [0, 0.05) is 27.3 Å². The first-order valence-electron chi connectivity index (χ1n) is 16.2. The van der Waals surface area contributed by atoms with Crippen LogP contribution in [0.3, 0.4) is 0 Å². The van der Waals surface area contributed by atoms with Crippen molar-refractivity contribution in [3.63, 3.8) is 0 Å². The third-order valence-corrected chi connectivity index (χ3v) is 9.18. The van der Waals surface area contributed by atoms with Crippen LogP contribution >= 0.6 is 11.6 Å². The number of halogens is 1. The third-order valence-electron chi connectivity index (χ3n) is 8.93. The van der Waals surface area contributed by atoms with Gasteiger partial charge in [-0.05, 0) is 83.0 Å². The van der Waals surface area contributed by atoms with E-state index in [1.807, 2.05) is 66.7 Å². The zero-order chi connectivity index (χ0) is 32.7. The predicted molar refractivity (Wildman–Crippen MR) is 205 cm³/mol. The zero-order valence-corrected chi connectivity index (χ0v) is 27.0. The molecule has 0 unspecified atom stereocenters. The molecule has 0 saturated heterocycles. The van der Waals surface area contributed by atoms with Crippen LogP contribution in [-0.2, 0) is 0 Å². The molecule has 0 aliphatic carbocycles. The van der Waals surface area contributed by atoms with Crippen LogP contribution in [0.15, 0.2) is 207 Å². The molecular weight excluding hydrogens is 620 g/mol. The van der Waals surface area contributed by atoms with E-state index < -0.39 is 0 Å². The smallest absolute Gasteiger partial charge is 0.0738 e. The lowest BCUT2D eigenvalue weighted by atomic mass is 9.98. The Balaban J connectivity index is 1.37. The molecule has 4 nitrogen and oxygen atoms in total. The molecule has 0 atom stereocenters. The van der Waals surface area contributed by atoms with E-state index in [0.29, 0.717) is 5.02 Å². The summed E-state index contributed by atoms with van der Waals surface area (Å²) in [5.41, 5.74) is 14.6. The highest BCUT2D eigenvalue weighted by Gasteiger charge is 2.27. The molecule has 0 N–H and O–H groups in total. The Kier molecular flexibility index (Phi) is 7.15. The van der Waals surface area contributed by atoms with Crippen molar-refractivity contribution in [3.05, 3.63) is 214 Å². The van der Waals surface area contributed by atoms with Crippen LogP contribution in [0.2, 0.25) is 5.02 Å². The van der Waals surface area contributed by atoms with Crippen molar-refractivity contribution < 1.29 is 0 Å². The SMILES string of the molecule is Clc1ccc(C2=C3C=CC(=N3)C(c3ccccc3)=C3C=CC(=N3)C(c3ccccc3)=C3C=CC(=N3)C(c3ccccc3)=C3C=CC2=N3)cc1. The van der Waals surface area contributed by atoms with Gasteiger partial charge in [-0.1, -0.05) is 115 Å². The lowest BCUT2D eigenvalue weighted by Crippen LogP contribution is -2.03. The standard InChI is InChI=1S/C44H27ClN4/c45-32-18-16-31(17-19-32)44-39-26-24-37(48-39)42(29-12-6-2-7-13-29)35-22-20-33(46-35)41(28-10-4-1-5-11-28)34-21-23-36(47-34)43(30-14-8-3-9-15-30)38-25-27-40(44)49-38/h1-27H. The molecule has 0 aromatic heterocycles. The van der Waals surface area contributed by atoms with Gasteiger partial charge in [-0.15, -0.1) is 0 Å². The van der Waals surface area contributed by atoms with E-state index in [9.17, 15) is 0 Å². The van der Waals surface area contributed by atoms with Crippen molar-refractivity contribution >= 4 is 56.7 Å². The van der Waals surface area contributed by atoms with Gasteiger partial charge in [0.2, 0.25) is 0 Å². The van der Waals surface area contributed by atoms with Gasteiger partial charge in [0.05, 0.1) is 45.6 Å². The summed E-state index contributed by atoms with van der Waals surface area (Å²) in [6.45, 7) is 0. The van der Waals surface area contributed by atoms with E-state index in [4.69, 9.17) is 31.6 Å². The highest BCUT2D eigenvalue weighted by Crippen LogP contribution is 2.38. The van der Waals surface area contributed by atoms with Gasteiger partial charge in [0.25, 0.3) is 0 Å². The van der Waals surface area contributed by atoms with Crippen LogP contribution in [0.25, 0.3) is 22.3 Å². The summed E-state index contributed by atoms with van der Waals surface area (Å²) in [5, 5.41) is 0.673.